The third-order valence-electron chi connectivity index (χ3n) is 3.50. The molecule has 1 aromatic carbocycles. The fourth-order valence-corrected chi connectivity index (χ4v) is 2.24. The lowest BCUT2D eigenvalue weighted by Crippen LogP contribution is -2.40. The van der Waals surface area contributed by atoms with Crippen LogP contribution < -0.4 is 10.6 Å². The van der Waals surface area contributed by atoms with Gasteiger partial charge in [-0.25, -0.2) is 0 Å². The molecule has 1 unspecified atom stereocenters. The molecule has 1 amide bonds. The van der Waals surface area contributed by atoms with Crippen LogP contribution in [-0.4, -0.2) is 44.5 Å². The van der Waals surface area contributed by atoms with Gasteiger partial charge in [-0.1, -0.05) is 30.3 Å². The Morgan fingerprint density at radius 1 is 1.23 bits per heavy atom. The van der Waals surface area contributed by atoms with Crippen molar-refractivity contribution in [3.8, 4) is 0 Å². The van der Waals surface area contributed by atoms with Crippen molar-refractivity contribution in [2.45, 2.75) is 18.9 Å². The van der Waals surface area contributed by atoms with Gasteiger partial charge in [0.1, 0.15) is 0 Å². The minimum atomic E-state index is 0. The van der Waals surface area contributed by atoms with Gasteiger partial charge in [0.15, 0.2) is 0 Å². The molecule has 0 heterocycles. The number of amides is 1. The number of nitrogens with zero attached hydrogens (tertiary/aromatic N) is 1. The molecule has 1 atom stereocenters. The van der Waals surface area contributed by atoms with Crippen molar-refractivity contribution in [3.63, 3.8) is 0 Å². The predicted octanol–water partition coefficient (Wildman–Crippen LogP) is 2.25. The molecule has 1 saturated carbocycles. The predicted molar refractivity (Wildman–Crippen MR) is 96.0 cm³/mol. The van der Waals surface area contributed by atoms with Crippen molar-refractivity contribution in [3.05, 3.63) is 35.9 Å². The van der Waals surface area contributed by atoms with E-state index in [-0.39, 0.29) is 36.8 Å². The van der Waals surface area contributed by atoms with E-state index in [9.17, 15) is 4.79 Å². The van der Waals surface area contributed by atoms with Crippen LogP contribution >= 0.6 is 24.8 Å². The summed E-state index contributed by atoms with van der Waals surface area (Å²) in [6, 6.07) is 10.2. The standard InChI is InChI=1S/C16H25N3O.2ClH/c1-19(2)12-15(14-6-4-3-5-7-14)18-16(20)11-17-10-13-8-9-13;;/h3-7,13,15,17H,8-12H2,1-2H3,(H,18,20);2*1H. The van der Waals surface area contributed by atoms with Crippen LogP contribution in [0.5, 0.6) is 0 Å². The molecule has 0 saturated heterocycles. The third kappa shape index (κ3) is 7.99. The molecule has 0 radical (unpaired) electrons. The van der Waals surface area contributed by atoms with E-state index in [2.05, 4.69) is 27.7 Å². The van der Waals surface area contributed by atoms with Gasteiger partial charge in [-0.2, -0.15) is 0 Å². The quantitative estimate of drug-likeness (QED) is 0.757. The first-order chi connectivity index (χ1) is 9.65. The maximum atomic E-state index is 12.0. The molecule has 4 nitrogen and oxygen atoms in total. The maximum Gasteiger partial charge on any atom is 0.234 e. The van der Waals surface area contributed by atoms with Crippen molar-refractivity contribution in [2.75, 3.05) is 33.7 Å². The molecular weight excluding hydrogens is 321 g/mol. The van der Waals surface area contributed by atoms with Crippen molar-refractivity contribution in [1.82, 2.24) is 15.5 Å². The molecule has 1 aliphatic rings. The number of carbonyl (C=O) groups excluding carboxylic acids is 1. The number of rotatable bonds is 8. The van der Waals surface area contributed by atoms with Crippen LogP contribution in [0.3, 0.4) is 0 Å². The summed E-state index contributed by atoms with van der Waals surface area (Å²) in [5, 5.41) is 6.35. The van der Waals surface area contributed by atoms with Crippen molar-refractivity contribution in [2.24, 2.45) is 5.92 Å². The highest BCUT2D eigenvalue weighted by Gasteiger charge is 2.21. The van der Waals surface area contributed by atoms with Gasteiger partial charge in [-0.05, 0) is 45.0 Å². The zero-order valence-electron chi connectivity index (χ0n) is 13.2. The van der Waals surface area contributed by atoms with Gasteiger partial charge in [-0.3, -0.25) is 4.79 Å². The van der Waals surface area contributed by atoms with Crippen LogP contribution in [-0.2, 0) is 4.79 Å². The number of benzene rings is 1. The smallest absolute Gasteiger partial charge is 0.234 e. The van der Waals surface area contributed by atoms with Crippen molar-refractivity contribution >= 4 is 30.7 Å². The number of likely N-dealkylation sites (N-methyl/N-ethyl adjacent to an activating group) is 1. The Morgan fingerprint density at radius 2 is 1.86 bits per heavy atom. The monoisotopic (exact) mass is 347 g/mol. The highest BCUT2D eigenvalue weighted by atomic mass is 35.5. The Hall–Kier alpha value is -0.810. The Labute approximate surface area is 145 Å². The molecule has 1 aliphatic carbocycles. The number of nitrogens with one attached hydrogen (secondary N) is 2. The topological polar surface area (TPSA) is 44.4 Å². The summed E-state index contributed by atoms with van der Waals surface area (Å²) in [4.78, 5) is 14.1. The molecule has 22 heavy (non-hydrogen) atoms. The van der Waals surface area contributed by atoms with Crippen LogP contribution in [0.15, 0.2) is 30.3 Å². The highest BCUT2D eigenvalue weighted by molar-refractivity contribution is 5.85. The second-order valence-corrected chi connectivity index (χ2v) is 5.87. The Balaban J connectivity index is 0.00000220. The third-order valence-corrected chi connectivity index (χ3v) is 3.50. The summed E-state index contributed by atoms with van der Waals surface area (Å²) in [6.07, 6.45) is 2.61. The fraction of sp³-hybridized carbons (Fsp3) is 0.562. The summed E-state index contributed by atoms with van der Waals surface area (Å²) < 4.78 is 0. The molecule has 1 aromatic rings. The molecule has 0 spiro atoms. The maximum absolute atomic E-state index is 12.0. The zero-order chi connectivity index (χ0) is 14.4. The van der Waals surface area contributed by atoms with Gasteiger partial charge >= 0.3 is 0 Å². The van der Waals surface area contributed by atoms with E-state index in [1.807, 2.05) is 32.3 Å². The van der Waals surface area contributed by atoms with Crippen LogP contribution in [0.25, 0.3) is 0 Å². The first kappa shape index (κ1) is 21.2. The summed E-state index contributed by atoms with van der Waals surface area (Å²) in [5.74, 6) is 0.871. The Bertz CT molecular complexity index is 425. The first-order valence-corrected chi connectivity index (χ1v) is 7.35. The SMILES string of the molecule is CN(C)CC(NC(=O)CNCC1CC1)c1ccccc1.Cl.Cl. The van der Waals surface area contributed by atoms with Gasteiger partial charge in [0.25, 0.3) is 0 Å². The number of carbonyl (C=O) groups is 1. The molecule has 2 N–H and O–H groups in total. The number of hydrogen-bond acceptors (Lipinski definition) is 3. The summed E-state index contributed by atoms with van der Waals surface area (Å²) in [7, 11) is 4.04. The average molecular weight is 348 g/mol. The van der Waals surface area contributed by atoms with Gasteiger partial charge in [0.05, 0.1) is 12.6 Å². The second kappa shape index (κ2) is 10.8. The molecule has 126 valence electrons. The van der Waals surface area contributed by atoms with Crippen LogP contribution in [0.4, 0.5) is 0 Å². The van der Waals surface area contributed by atoms with Gasteiger partial charge in [-0.15, -0.1) is 24.8 Å². The summed E-state index contributed by atoms with van der Waals surface area (Å²) in [6.45, 7) is 2.18. The molecular formula is C16H27Cl2N3O. The van der Waals surface area contributed by atoms with Gasteiger partial charge in [0.2, 0.25) is 5.91 Å². The molecule has 1 fully saturated rings. The van der Waals surface area contributed by atoms with E-state index < -0.39 is 0 Å². The number of halogens is 2. The molecule has 6 heteroatoms. The highest BCUT2D eigenvalue weighted by Crippen LogP contribution is 2.27. The minimum Gasteiger partial charge on any atom is -0.347 e. The number of hydrogen-bond donors (Lipinski definition) is 2. The normalized spacial score (nSPS) is 14.7. The summed E-state index contributed by atoms with van der Waals surface area (Å²) in [5.41, 5.74) is 1.15. The Morgan fingerprint density at radius 3 is 2.41 bits per heavy atom. The van der Waals surface area contributed by atoms with Crippen LogP contribution in [0.1, 0.15) is 24.4 Å². The average Bonchev–Trinajstić information content (AvgIpc) is 3.23. The van der Waals surface area contributed by atoms with E-state index in [4.69, 9.17) is 0 Å². The van der Waals surface area contributed by atoms with Gasteiger partial charge in [0, 0.05) is 6.54 Å². The second-order valence-electron chi connectivity index (χ2n) is 5.87. The van der Waals surface area contributed by atoms with Gasteiger partial charge < -0.3 is 15.5 Å². The van der Waals surface area contributed by atoms with Crippen LogP contribution in [0, 0.1) is 5.92 Å². The zero-order valence-corrected chi connectivity index (χ0v) is 14.9. The molecule has 0 bridgehead atoms. The lowest BCUT2D eigenvalue weighted by Gasteiger charge is -2.23. The van der Waals surface area contributed by atoms with E-state index in [1.54, 1.807) is 0 Å². The van der Waals surface area contributed by atoms with E-state index >= 15 is 0 Å². The van der Waals surface area contributed by atoms with E-state index in [0.29, 0.717) is 6.54 Å². The molecule has 2 rings (SSSR count). The van der Waals surface area contributed by atoms with Crippen molar-refractivity contribution in [1.29, 1.82) is 0 Å². The van der Waals surface area contributed by atoms with Crippen molar-refractivity contribution < 1.29 is 4.79 Å². The molecule has 0 aliphatic heterocycles. The lowest BCUT2D eigenvalue weighted by molar-refractivity contribution is -0.121. The Kier molecular flexibility index (Phi) is 10.4. The van der Waals surface area contributed by atoms with Crippen LogP contribution in [0.2, 0.25) is 0 Å². The first-order valence-electron chi connectivity index (χ1n) is 7.35. The lowest BCUT2D eigenvalue weighted by atomic mass is 10.1. The summed E-state index contributed by atoms with van der Waals surface area (Å²) >= 11 is 0. The van der Waals surface area contributed by atoms with E-state index in [0.717, 1.165) is 24.6 Å². The largest absolute Gasteiger partial charge is 0.347 e. The fourth-order valence-electron chi connectivity index (χ4n) is 2.24. The minimum absolute atomic E-state index is 0. The van der Waals surface area contributed by atoms with E-state index in [1.165, 1.54) is 12.8 Å². The molecule has 0 aromatic heterocycles.